The molecule has 0 aromatic carbocycles. The minimum absolute atomic E-state index is 0.779. The van der Waals surface area contributed by atoms with Gasteiger partial charge in [0, 0.05) is 25.3 Å². The van der Waals surface area contributed by atoms with Crippen LogP contribution >= 0.6 is 0 Å². The van der Waals surface area contributed by atoms with E-state index in [1.165, 1.54) is 38.1 Å². The summed E-state index contributed by atoms with van der Waals surface area (Å²) in [5.74, 6) is 0. The van der Waals surface area contributed by atoms with Crippen molar-refractivity contribution >= 4 is 0 Å². The molecule has 0 aromatic heterocycles. The van der Waals surface area contributed by atoms with Crippen LogP contribution in [0.5, 0.6) is 0 Å². The van der Waals surface area contributed by atoms with Crippen molar-refractivity contribution in [2.75, 3.05) is 13.2 Å². The topological polar surface area (TPSA) is 21.3 Å². The Hall–Kier alpha value is -0.0800. The van der Waals surface area contributed by atoms with Crippen LogP contribution < -0.4 is 5.32 Å². The lowest BCUT2D eigenvalue weighted by atomic mass is 9.94. The average molecular weight is 182 g/mol. The van der Waals surface area contributed by atoms with Crippen LogP contribution in [0.2, 0.25) is 0 Å². The van der Waals surface area contributed by atoms with E-state index in [0.717, 1.165) is 32.1 Å². The van der Waals surface area contributed by atoms with Crippen LogP contribution in [0.1, 0.15) is 44.9 Å². The van der Waals surface area contributed by atoms with Crippen molar-refractivity contribution < 1.29 is 4.74 Å². The highest BCUT2D eigenvalue weighted by atomic mass is 16.5. The molecule has 13 heavy (non-hydrogen) atoms. The van der Waals surface area contributed by atoms with Gasteiger partial charge in [-0.2, -0.15) is 0 Å². The third-order valence-electron chi connectivity index (χ3n) is 3.11. The van der Waals surface area contributed by atoms with Gasteiger partial charge in [0.15, 0.2) is 0 Å². The van der Waals surface area contributed by atoms with Crippen LogP contribution in [-0.2, 0) is 4.74 Å². The molecule has 2 aliphatic rings. The molecule has 0 bridgehead atoms. The van der Waals surface area contributed by atoms with E-state index >= 15 is 0 Å². The fourth-order valence-electron chi connectivity index (χ4n) is 2.30. The first-order valence-electron chi connectivity index (χ1n) is 5.64. The minimum Gasteiger partial charge on any atom is -0.381 e. The van der Waals surface area contributed by atoms with Gasteiger partial charge < -0.3 is 10.1 Å². The zero-order valence-electron chi connectivity index (χ0n) is 8.35. The zero-order chi connectivity index (χ0) is 8.93. The van der Waals surface area contributed by atoms with Gasteiger partial charge in [-0.05, 0) is 25.7 Å². The number of rotatable bonds is 2. The van der Waals surface area contributed by atoms with E-state index in [1.807, 2.05) is 0 Å². The van der Waals surface area contributed by atoms with Gasteiger partial charge >= 0.3 is 0 Å². The summed E-state index contributed by atoms with van der Waals surface area (Å²) in [5, 5.41) is 3.69. The standard InChI is InChI=1S/C11H20NO/c1-2-4-10(5-3-1)12-11-6-8-13-9-7-11/h10,12H,1-9H2. The van der Waals surface area contributed by atoms with Crippen LogP contribution in [-0.4, -0.2) is 19.3 Å². The molecule has 0 aromatic rings. The summed E-state index contributed by atoms with van der Waals surface area (Å²) < 4.78 is 5.33. The predicted molar refractivity (Wildman–Crippen MR) is 53.3 cm³/mol. The molecule has 1 radical (unpaired) electrons. The number of nitrogens with one attached hydrogen (secondary N) is 1. The molecule has 2 fully saturated rings. The molecule has 1 aliphatic carbocycles. The summed E-state index contributed by atoms with van der Waals surface area (Å²) in [5.41, 5.74) is 0. The van der Waals surface area contributed by atoms with Gasteiger partial charge in [-0.3, -0.25) is 0 Å². The van der Waals surface area contributed by atoms with Gasteiger partial charge in [0.2, 0.25) is 0 Å². The molecular weight excluding hydrogens is 162 g/mol. The highest BCUT2D eigenvalue weighted by molar-refractivity contribution is 4.92. The van der Waals surface area contributed by atoms with Crippen LogP contribution in [0.3, 0.4) is 0 Å². The van der Waals surface area contributed by atoms with Crippen molar-refractivity contribution in [1.29, 1.82) is 0 Å². The van der Waals surface area contributed by atoms with Crippen molar-refractivity contribution in [2.24, 2.45) is 0 Å². The quantitative estimate of drug-likeness (QED) is 0.707. The molecule has 1 aliphatic heterocycles. The molecule has 2 nitrogen and oxygen atoms in total. The van der Waals surface area contributed by atoms with Crippen molar-refractivity contribution in [3.63, 3.8) is 0 Å². The third kappa shape index (κ3) is 2.96. The first kappa shape index (κ1) is 9.47. The first-order chi connectivity index (χ1) is 6.45. The van der Waals surface area contributed by atoms with Crippen LogP contribution in [0.4, 0.5) is 0 Å². The SMILES string of the molecule is C1CCC(N[C]2CCOCC2)CC1. The first-order valence-corrected chi connectivity index (χ1v) is 5.64. The Morgan fingerprint density at radius 2 is 1.69 bits per heavy atom. The van der Waals surface area contributed by atoms with Gasteiger partial charge in [-0.15, -0.1) is 0 Å². The van der Waals surface area contributed by atoms with Crippen LogP contribution in [0.15, 0.2) is 0 Å². The van der Waals surface area contributed by atoms with Crippen molar-refractivity contribution in [3.8, 4) is 0 Å². The Bertz CT molecular complexity index is 121. The molecular formula is C11H20NO. The molecule has 1 heterocycles. The second-order valence-electron chi connectivity index (χ2n) is 4.20. The molecule has 1 saturated carbocycles. The highest BCUT2D eigenvalue weighted by Gasteiger charge is 2.20. The molecule has 2 rings (SSSR count). The maximum atomic E-state index is 5.33. The largest absolute Gasteiger partial charge is 0.381 e. The maximum Gasteiger partial charge on any atom is 0.0484 e. The molecule has 1 N–H and O–H groups in total. The van der Waals surface area contributed by atoms with E-state index < -0.39 is 0 Å². The fraction of sp³-hybridized carbons (Fsp3) is 0.909. The number of hydrogen-bond donors (Lipinski definition) is 1. The fourth-order valence-corrected chi connectivity index (χ4v) is 2.30. The summed E-state index contributed by atoms with van der Waals surface area (Å²) in [7, 11) is 0. The van der Waals surface area contributed by atoms with Crippen LogP contribution in [0, 0.1) is 6.04 Å². The Morgan fingerprint density at radius 3 is 2.38 bits per heavy atom. The Kier molecular flexibility index (Phi) is 3.62. The summed E-state index contributed by atoms with van der Waals surface area (Å²) in [6.45, 7) is 1.85. The molecule has 75 valence electrons. The average Bonchev–Trinajstić information content (AvgIpc) is 2.21. The second-order valence-corrected chi connectivity index (χ2v) is 4.20. The molecule has 0 amide bonds. The summed E-state index contributed by atoms with van der Waals surface area (Å²) in [6, 6.07) is 2.32. The Balaban J connectivity index is 1.69. The maximum absolute atomic E-state index is 5.33. The van der Waals surface area contributed by atoms with Crippen molar-refractivity contribution in [1.82, 2.24) is 5.32 Å². The third-order valence-corrected chi connectivity index (χ3v) is 3.11. The normalized spacial score (nSPS) is 27.7. The van der Waals surface area contributed by atoms with Crippen LogP contribution in [0.25, 0.3) is 0 Å². The summed E-state index contributed by atoms with van der Waals surface area (Å²) in [4.78, 5) is 0. The van der Waals surface area contributed by atoms with Crippen molar-refractivity contribution in [2.45, 2.75) is 51.0 Å². The van der Waals surface area contributed by atoms with Gasteiger partial charge in [0.1, 0.15) is 0 Å². The molecule has 0 atom stereocenters. The van der Waals surface area contributed by atoms with Gasteiger partial charge in [0.05, 0.1) is 0 Å². The Labute approximate surface area is 81.0 Å². The second kappa shape index (κ2) is 4.97. The van der Waals surface area contributed by atoms with E-state index in [2.05, 4.69) is 5.32 Å². The molecule has 0 unspecified atom stereocenters. The summed E-state index contributed by atoms with van der Waals surface area (Å²) >= 11 is 0. The predicted octanol–water partition coefficient (Wildman–Crippen LogP) is 2.25. The summed E-state index contributed by atoms with van der Waals surface area (Å²) in [6.07, 6.45) is 9.31. The number of hydrogen-bond acceptors (Lipinski definition) is 2. The molecule has 1 saturated heterocycles. The van der Waals surface area contributed by atoms with E-state index in [1.54, 1.807) is 0 Å². The minimum atomic E-state index is 0.779. The van der Waals surface area contributed by atoms with E-state index in [9.17, 15) is 0 Å². The van der Waals surface area contributed by atoms with Gasteiger partial charge in [-0.1, -0.05) is 19.3 Å². The number of ether oxygens (including phenoxy) is 1. The smallest absolute Gasteiger partial charge is 0.0484 e. The molecule has 0 spiro atoms. The van der Waals surface area contributed by atoms with Gasteiger partial charge in [0.25, 0.3) is 0 Å². The van der Waals surface area contributed by atoms with Gasteiger partial charge in [-0.25, -0.2) is 0 Å². The Morgan fingerprint density at radius 1 is 1.00 bits per heavy atom. The molecule has 2 heteroatoms. The lowest BCUT2D eigenvalue weighted by Crippen LogP contribution is -2.37. The lowest BCUT2D eigenvalue weighted by molar-refractivity contribution is 0.0981. The van der Waals surface area contributed by atoms with E-state index in [-0.39, 0.29) is 0 Å². The monoisotopic (exact) mass is 182 g/mol. The van der Waals surface area contributed by atoms with E-state index in [4.69, 9.17) is 4.74 Å². The van der Waals surface area contributed by atoms with E-state index in [0.29, 0.717) is 0 Å². The lowest BCUT2D eigenvalue weighted by Gasteiger charge is -2.30. The van der Waals surface area contributed by atoms with Crippen molar-refractivity contribution in [3.05, 3.63) is 6.04 Å². The zero-order valence-corrected chi connectivity index (χ0v) is 8.35. The highest BCUT2D eigenvalue weighted by Crippen LogP contribution is 2.22.